The number of hydrogen-bond donors (Lipinski definition) is 0. The maximum absolute atomic E-state index is 13.5. The number of hydrogen-bond acceptors (Lipinski definition) is 4. The summed E-state index contributed by atoms with van der Waals surface area (Å²) in [6.07, 6.45) is 2.49. The first-order valence-electron chi connectivity index (χ1n) is 9.07. The fourth-order valence-corrected chi connectivity index (χ4v) is 5.60. The van der Waals surface area contributed by atoms with Crippen molar-refractivity contribution in [2.75, 3.05) is 6.54 Å². The van der Waals surface area contributed by atoms with E-state index >= 15 is 0 Å². The smallest absolute Gasteiger partial charge is 0.245 e. The SMILES string of the molecule is O=C1CCN(S(=O)(=O)c2cccc3cccnc23)C(Cc2ccc(Cl)cc2)C1. The van der Waals surface area contributed by atoms with Crippen LogP contribution in [0.3, 0.4) is 0 Å². The topological polar surface area (TPSA) is 67.3 Å². The van der Waals surface area contributed by atoms with E-state index in [9.17, 15) is 13.2 Å². The first-order valence-corrected chi connectivity index (χ1v) is 10.9. The minimum Gasteiger partial charge on any atom is -0.300 e. The van der Waals surface area contributed by atoms with Gasteiger partial charge in [-0.3, -0.25) is 9.78 Å². The zero-order valence-corrected chi connectivity index (χ0v) is 16.7. The Hall–Kier alpha value is -2.28. The van der Waals surface area contributed by atoms with Crippen LogP contribution in [0.25, 0.3) is 10.9 Å². The van der Waals surface area contributed by atoms with Gasteiger partial charge >= 0.3 is 0 Å². The average molecular weight is 415 g/mol. The number of nitrogens with zero attached hydrogens (tertiary/aromatic N) is 2. The number of para-hydroxylation sites is 1. The highest BCUT2D eigenvalue weighted by Gasteiger charge is 2.37. The van der Waals surface area contributed by atoms with Crippen LogP contribution in [0.5, 0.6) is 0 Å². The van der Waals surface area contributed by atoms with E-state index in [0.717, 1.165) is 10.9 Å². The molecule has 5 nitrogen and oxygen atoms in total. The van der Waals surface area contributed by atoms with Gasteiger partial charge in [0.1, 0.15) is 10.7 Å². The number of aromatic nitrogens is 1. The van der Waals surface area contributed by atoms with Crippen LogP contribution in [0.2, 0.25) is 5.02 Å². The van der Waals surface area contributed by atoms with Crippen molar-refractivity contribution in [1.29, 1.82) is 0 Å². The second-order valence-electron chi connectivity index (χ2n) is 6.92. The molecule has 1 aliphatic heterocycles. The number of Topliss-reactive ketones (excluding diaryl/α,β-unsaturated/α-hetero) is 1. The van der Waals surface area contributed by atoms with E-state index in [1.165, 1.54) is 4.31 Å². The summed E-state index contributed by atoms with van der Waals surface area (Å²) in [5, 5.41) is 1.39. The number of rotatable bonds is 4. The van der Waals surface area contributed by atoms with Gasteiger partial charge in [-0.2, -0.15) is 4.31 Å². The van der Waals surface area contributed by atoms with Gasteiger partial charge in [0.2, 0.25) is 10.0 Å². The van der Waals surface area contributed by atoms with Gasteiger partial charge in [0, 0.05) is 42.0 Å². The van der Waals surface area contributed by atoms with Gasteiger partial charge in [-0.1, -0.05) is 41.9 Å². The first-order chi connectivity index (χ1) is 13.4. The predicted octanol–water partition coefficient (Wildman–Crippen LogP) is 3.85. The van der Waals surface area contributed by atoms with Crippen molar-refractivity contribution in [3.63, 3.8) is 0 Å². The fourth-order valence-electron chi connectivity index (χ4n) is 3.68. The quantitative estimate of drug-likeness (QED) is 0.650. The summed E-state index contributed by atoms with van der Waals surface area (Å²) in [6.45, 7) is 0.183. The number of carbonyl (C=O) groups excluding carboxylic acids is 1. The van der Waals surface area contributed by atoms with E-state index in [4.69, 9.17) is 11.6 Å². The molecule has 0 bridgehead atoms. The standard InChI is InChI=1S/C21H19ClN2O3S/c22-17-8-6-15(7-9-17)13-18-14-19(25)10-12-24(18)28(26,27)20-5-1-3-16-4-2-11-23-21(16)20/h1-9,11,18H,10,12-14H2. The van der Waals surface area contributed by atoms with Crippen LogP contribution in [-0.4, -0.2) is 36.1 Å². The van der Waals surface area contributed by atoms with Crippen molar-refractivity contribution < 1.29 is 13.2 Å². The highest BCUT2D eigenvalue weighted by Crippen LogP contribution is 2.30. The fraction of sp³-hybridized carbons (Fsp3) is 0.238. The minimum atomic E-state index is -3.80. The van der Waals surface area contributed by atoms with Crippen LogP contribution in [0.15, 0.2) is 65.7 Å². The summed E-state index contributed by atoms with van der Waals surface area (Å²) in [5.74, 6) is 0.0847. The molecule has 0 saturated carbocycles. The van der Waals surface area contributed by atoms with Gasteiger partial charge < -0.3 is 0 Å². The Morgan fingerprint density at radius 2 is 1.82 bits per heavy atom. The molecule has 1 aromatic heterocycles. The average Bonchev–Trinajstić information content (AvgIpc) is 2.69. The van der Waals surface area contributed by atoms with Crippen LogP contribution >= 0.6 is 11.6 Å². The normalized spacial score (nSPS) is 18.5. The van der Waals surface area contributed by atoms with Crippen LogP contribution in [0, 0.1) is 0 Å². The Kier molecular flexibility index (Phi) is 5.19. The van der Waals surface area contributed by atoms with Crippen molar-refractivity contribution in [1.82, 2.24) is 9.29 Å². The number of halogens is 1. The summed E-state index contributed by atoms with van der Waals surface area (Å²) in [7, 11) is -3.80. The molecule has 0 N–H and O–H groups in total. The van der Waals surface area contributed by atoms with Gasteiger partial charge in [-0.25, -0.2) is 8.42 Å². The van der Waals surface area contributed by atoms with E-state index < -0.39 is 16.1 Å². The van der Waals surface area contributed by atoms with Crippen molar-refractivity contribution >= 4 is 38.3 Å². The second-order valence-corrected chi connectivity index (χ2v) is 9.22. The predicted molar refractivity (Wildman–Crippen MR) is 109 cm³/mol. The molecule has 1 aliphatic rings. The molecular weight excluding hydrogens is 396 g/mol. The van der Waals surface area contributed by atoms with Gasteiger partial charge in [-0.15, -0.1) is 0 Å². The van der Waals surface area contributed by atoms with Crippen LogP contribution < -0.4 is 0 Å². The summed E-state index contributed by atoms with van der Waals surface area (Å²) >= 11 is 5.95. The van der Waals surface area contributed by atoms with Crippen molar-refractivity contribution in [2.45, 2.75) is 30.2 Å². The number of sulfonamides is 1. The third-order valence-electron chi connectivity index (χ3n) is 5.05. The maximum Gasteiger partial charge on any atom is 0.245 e. The third-order valence-corrected chi connectivity index (χ3v) is 7.28. The molecule has 0 radical (unpaired) electrons. The van der Waals surface area contributed by atoms with E-state index in [-0.39, 0.29) is 30.1 Å². The zero-order valence-electron chi connectivity index (χ0n) is 15.1. The largest absolute Gasteiger partial charge is 0.300 e. The van der Waals surface area contributed by atoms with Gasteiger partial charge in [0.05, 0.1) is 5.52 Å². The monoisotopic (exact) mass is 414 g/mol. The summed E-state index contributed by atoms with van der Waals surface area (Å²) in [6, 6.07) is 15.6. The van der Waals surface area contributed by atoms with Crippen molar-refractivity contribution in [2.24, 2.45) is 0 Å². The Morgan fingerprint density at radius 1 is 1.07 bits per heavy atom. The van der Waals surface area contributed by atoms with Gasteiger partial charge in [-0.05, 0) is 36.2 Å². The molecule has 7 heteroatoms. The maximum atomic E-state index is 13.5. The molecule has 1 saturated heterocycles. The highest BCUT2D eigenvalue weighted by atomic mass is 35.5. The molecule has 0 aliphatic carbocycles. The molecule has 4 rings (SSSR count). The lowest BCUT2D eigenvalue weighted by atomic mass is 9.97. The Morgan fingerprint density at radius 3 is 2.61 bits per heavy atom. The van der Waals surface area contributed by atoms with Crippen molar-refractivity contribution in [3.8, 4) is 0 Å². The molecular formula is C21H19ClN2O3S. The number of carbonyl (C=O) groups is 1. The Labute approximate surface area is 169 Å². The molecule has 0 amide bonds. The minimum absolute atomic E-state index is 0.0847. The second kappa shape index (κ2) is 7.62. The van der Waals surface area contributed by atoms with Gasteiger partial charge in [0.15, 0.2) is 0 Å². The molecule has 1 atom stereocenters. The molecule has 2 aromatic carbocycles. The highest BCUT2D eigenvalue weighted by molar-refractivity contribution is 7.89. The molecule has 1 unspecified atom stereocenters. The number of piperidine rings is 1. The van der Waals surface area contributed by atoms with Crippen LogP contribution in [0.1, 0.15) is 18.4 Å². The molecule has 144 valence electrons. The summed E-state index contributed by atoms with van der Waals surface area (Å²) < 4.78 is 28.5. The third kappa shape index (κ3) is 3.68. The zero-order chi connectivity index (χ0) is 19.7. The summed E-state index contributed by atoms with van der Waals surface area (Å²) in [4.78, 5) is 16.6. The number of pyridine rings is 1. The van der Waals surface area contributed by atoms with E-state index in [1.807, 2.05) is 24.3 Å². The number of fused-ring (bicyclic) bond motifs is 1. The van der Waals surface area contributed by atoms with E-state index in [1.54, 1.807) is 36.5 Å². The van der Waals surface area contributed by atoms with Crippen molar-refractivity contribution in [3.05, 3.63) is 71.4 Å². The number of benzene rings is 2. The first kappa shape index (κ1) is 19.1. The van der Waals surface area contributed by atoms with E-state index in [0.29, 0.717) is 17.0 Å². The summed E-state index contributed by atoms with van der Waals surface area (Å²) in [5.41, 5.74) is 1.40. The molecule has 3 aromatic rings. The lowest BCUT2D eigenvalue weighted by molar-refractivity contribution is -0.121. The lowest BCUT2D eigenvalue weighted by Gasteiger charge is -2.34. The van der Waals surface area contributed by atoms with Crippen LogP contribution in [-0.2, 0) is 21.2 Å². The van der Waals surface area contributed by atoms with E-state index in [2.05, 4.69) is 4.98 Å². The molecule has 28 heavy (non-hydrogen) atoms. The Balaban J connectivity index is 1.73. The Bertz CT molecular complexity index is 1120. The lowest BCUT2D eigenvalue weighted by Crippen LogP contribution is -2.47. The van der Waals surface area contributed by atoms with Crippen LogP contribution in [0.4, 0.5) is 0 Å². The van der Waals surface area contributed by atoms with Gasteiger partial charge in [0.25, 0.3) is 0 Å². The molecule has 0 spiro atoms. The number of ketones is 1. The molecule has 1 fully saturated rings. The molecule has 2 heterocycles.